The number of morpholine rings is 1. The molecule has 13 nitrogen and oxygen atoms in total. The lowest BCUT2D eigenvalue weighted by Crippen LogP contribution is -2.48. The molecule has 5 heterocycles. The molecule has 1 atom stereocenters. The monoisotopic (exact) mass is 908 g/mol. The maximum absolute atomic E-state index is 12.6. The van der Waals surface area contributed by atoms with Gasteiger partial charge in [-0.25, -0.2) is 24.7 Å². The Morgan fingerprint density at radius 2 is 1.61 bits per heavy atom. The first-order valence-electron chi connectivity index (χ1n) is 23.2. The third-order valence-corrected chi connectivity index (χ3v) is 13.4. The summed E-state index contributed by atoms with van der Waals surface area (Å²) in [5, 5.41) is 4.08. The highest BCUT2D eigenvalue weighted by molar-refractivity contribution is 6.76. The molecule has 0 radical (unpaired) electrons. The second-order valence-corrected chi connectivity index (χ2v) is 25.0. The number of carbonyl (C=O) groups is 1. The molecular weight excluding hydrogens is 845 g/mol. The van der Waals surface area contributed by atoms with E-state index in [9.17, 15) is 4.79 Å². The fraction of sp³-hybridized carbons (Fsp3) is 0.404. The minimum Gasteiger partial charge on any atom is -0.489 e. The van der Waals surface area contributed by atoms with Crippen LogP contribution in [-0.4, -0.2) is 102 Å². The molecule has 0 aliphatic carbocycles. The number of aliphatic imine (C=N–C) groups is 1. The van der Waals surface area contributed by atoms with Crippen LogP contribution in [0.4, 0.5) is 16.4 Å². The Morgan fingerprint density at radius 1 is 0.894 bits per heavy atom. The number of hydrogen-bond acceptors (Lipinski definition) is 11. The highest BCUT2D eigenvalue weighted by Crippen LogP contribution is 2.34. The molecule has 1 amide bonds. The first kappa shape index (κ1) is 46.6. The number of anilines is 1. The van der Waals surface area contributed by atoms with Crippen LogP contribution >= 0.6 is 0 Å². The summed E-state index contributed by atoms with van der Waals surface area (Å²) in [7, 11) is -1.27. The van der Waals surface area contributed by atoms with Crippen molar-refractivity contribution >= 4 is 42.5 Å². The summed E-state index contributed by atoms with van der Waals surface area (Å²) in [4.78, 5) is 37.1. The zero-order valence-electron chi connectivity index (χ0n) is 39.3. The molecule has 6 aromatic rings. The van der Waals surface area contributed by atoms with Gasteiger partial charge in [0.15, 0.2) is 5.82 Å². The summed E-state index contributed by atoms with van der Waals surface area (Å²) in [6.07, 6.45) is 5.06. The number of alkyl carbamates (subject to hydrolysis) is 1. The zero-order chi connectivity index (χ0) is 46.1. The van der Waals surface area contributed by atoms with Crippen LogP contribution < -0.4 is 15.0 Å². The second kappa shape index (κ2) is 21.1. The van der Waals surface area contributed by atoms with E-state index in [0.29, 0.717) is 45.5 Å². The summed E-state index contributed by atoms with van der Waals surface area (Å²) in [5.74, 6) is 2.23. The van der Waals surface area contributed by atoms with Crippen molar-refractivity contribution in [3.05, 3.63) is 132 Å². The SMILES string of the molecule is CC(C)(C)OC(=O)N[C@@H]1CCCN(Cc2cnc(N=C(c3ccccc3)c3ccccc3)c(COc3ccc(-c4cc5c(N6CCOCC6)ncnc5n4COCC[Si](C)(C)C)cc3)c2)C1. The molecule has 2 aliphatic heterocycles. The van der Waals surface area contributed by atoms with Crippen molar-refractivity contribution in [2.24, 2.45) is 4.99 Å². The van der Waals surface area contributed by atoms with E-state index >= 15 is 0 Å². The Balaban J connectivity index is 1.07. The first-order valence-corrected chi connectivity index (χ1v) is 26.9. The van der Waals surface area contributed by atoms with Crippen molar-refractivity contribution < 1.29 is 23.7 Å². The van der Waals surface area contributed by atoms with Gasteiger partial charge in [0.1, 0.15) is 42.5 Å². The second-order valence-electron chi connectivity index (χ2n) is 19.4. The van der Waals surface area contributed by atoms with Crippen molar-refractivity contribution in [3.8, 4) is 17.0 Å². The number of hydrogen-bond donors (Lipinski definition) is 1. The van der Waals surface area contributed by atoms with Crippen LogP contribution in [0.15, 0.2) is 115 Å². The van der Waals surface area contributed by atoms with Gasteiger partial charge in [-0.05, 0) is 93.7 Å². The predicted molar refractivity (Wildman–Crippen MR) is 265 cm³/mol. The van der Waals surface area contributed by atoms with Crippen molar-refractivity contribution in [1.82, 2.24) is 29.7 Å². The van der Waals surface area contributed by atoms with E-state index in [1.54, 1.807) is 6.33 Å². The van der Waals surface area contributed by atoms with E-state index in [1.165, 1.54) is 0 Å². The number of amides is 1. The Labute approximate surface area is 390 Å². The molecule has 0 bridgehead atoms. The van der Waals surface area contributed by atoms with Gasteiger partial charge in [0.05, 0.1) is 30.0 Å². The van der Waals surface area contributed by atoms with E-state index in [0.717, 1.165) is 100 Å². The van der Waals surface area contributed by atoms with E-state index in [-0.39, 0.29) is 18.7 Å². The molecule has 66 heavy (non-hydrogen) atoms. The topological polar surface area (TPSA) is 128 Å². The number of rotatable bonds is 16. The summed E-state index contributed by atoms with van der Waals surface area (Å²) < 4.78 is 26.3. The fourth-order valence-corrected chi connectivity index (χ4v) is 9.11. The van der Waals surface area contributed by atoms with Gasteiger partial charge in [0.25, 0.3) is 0 Å². The minimum absolute atomic E-state index is 0.000929. The minimum atomic E-state index is -1.27. The van der Waals surface area contributed by atoms with Gasteiger partial charge >= 0.3 is 6.09 Å². The van der Waals surface area contributed by atoms with Crippen LogP contribution in [0.2, 0.25) is 25.7 Å². The molecule has 2 saturated heterocycles. The van der Waals surface area contributed by atoms with Crippen LogP contribution in [0.1, 0.15) is 55.9 Å². The van der Waals surface area contributed by atoms with Crippen LogP contribution in [0.25, 0.3) is 22.3 Å². The first-order chi connectivity index (χ1) is 31.8. The van der Waals surface area contributed by atoms with Crippen molar-refractivity contribution in [1.29, 1.82) is 0 Å². The van der Waals surface area contributed by atoms with Gasteiger partial charge in [-0.3, -0.25) is 4.90 Å². The number of nitrogens with zero attached hydrogens (tertiary/aromatic N) is 7. The lowest BCUT2D eigenvalue weighted by atomic mass is 10.0. The molecular formula is C52H64N8O5Si. The number of benzene rings is 3. The van der Waals surface area contributed by atoms with Crippen molar-refractivity contribution in [2.45, 2.75) is 90.8 Å². The molecule has 1 N–H and O–H groups in total. The Kier molecular flexibility index (Phi) is 14.9. The normalized spacial score (nSPS) is 16.0. The van der Waals surface area contributed by atoms with Gasteiger partial charge in [0.2, 0.25) is 0 Å². The van der Waals surface area contributed by atoms with Crippen LogP contribution in [0.5, 0.6) is 5.75 Å². The third kappa shape index (κ3) is 12.5. The molecule has 3 aromatic heterocycles. The van der Waals surface area contributed by atoms with Gasteiger partial charge in [-0.15, -0.1) is 0 Å². The molecule has 2 aliphatic rings. The molecule has 3 aromatic carbocycles. The highest BCUT2D eigenvalue weighted by Gasteiger charge is 2.26. The van der Waals surface area contributed by atoms with Crippen LogP contribution in [0.3, 0.4) is 0 Å². The number of fused-ring (bicyclic) bond motifs is 1. The van der Waals surface area contributed by atoms with Gasteiger partial charge in [-0.1, -0.05) is 80.3 Å². The van der Waals surface area contributed by atoms with E-state index in [4.69, 9.17) is 38.9 Å². The maximum Gasteiger partial charge on any atom is 0.407 e. The maximum atomic E-state index is 12.6. The Morgan fingerprint density at radius 3 is 2.29 bits per heavy atom. The van der Waals surface area contributed by atoms with Crippen molar-refractivity contribution in [3.63, 3.8) is 0 Å². The van der Waals surface area contributed by atoms with E-state index in [1.807, 2.05) is 75.5 Å². The number of pyridine rings is 1. The molecule has 8 rings (SSSR count). The molecule has 14 heteroatoms. The van der Waals surface area contributed by atoms with Crippen LogP contribution in [0, 0.1) is 0 Å². The average Bonchev–Trinajstić information content (AvgIpc) is 3.68. The zero-order valence-corrected chi connectivity index (χ0v) is 40.3. The Hall–Kier alpha value is -5.93. The van der Waals surface area contributed by atoms with E-state index < -0.39 is 13.7 Å². The average molecular weight is 909 g/mol. The molecule has 0 unspecified atom stereocenters. The number of piperidine rings is 1. The Bertz CT molecular complexity index is 2530. The lowest BCUT2D eigenvalue weighted by Gasteiger charge is -2.33. The fourth-order valence-electron chi connectivity index (χ4n) is 8.35. The number of carbonyl (C=O) groups excluding carboxylic acids is 1. The van der Waals surface area contributed by atoms with Gasteiger partial charge in [-0.2, -0.15) is 0 Å². The summed E-state index contributed by atoms with van der Waals surface area (Å²) >= 11 is 0. The predicted octanol–water partition coefficient (Wildman–Crippen LogP) is 9.88. The lowest BCUT2D eigenvalue weighted by molar-refractivity contribution is 0.0470. The molecule has 346 valence electrons. The molecule has 2 fully saturated rings. The number of ether oxygens (including phenoxy) is 4. The molecule has 0 spiro atoms. The number of likely N-dealkylation sites (tertiary alicyclic amines) is 1. The highest BCUT2D eigenvalue weighted by atomic mass is 28.3. The standard InChI is InChI=1S/C52H64N8O5Si/c1-52(2,3)65-51(61)56-43-18-13-23-58(34-43)33-38-30-42(48(53-32-38)57-47(40-14-9-7-10-15-40)41-16-11-8-12-17-41)35-64-44-21-19-39(20-22-44)46-31-45-49(59-24-26-62-27-25-59)54-36-55-50(45)60(46)37-63-28-29-66(4,5)6/h7-12,14-17,19-22,30-32,36,43H,13,18,23-29,33-35,37H2,1-6H3,(H,56,61)/t43-/m1/s1. The molecule has 0 saturated carbocycles. The number of nitrogens with one attached hydrogen (secondary N) is 1. The largest absolute Gasteiger partial charge is 0.489 e. The van der Waals surface area contributed by atoms with E-state index in [2.05, 4.69) is 87.9 Å². The third-order valence-electron chi connectivity index (χ3n) is 11.7. The summed E-state index contributed by atoms with van der Waals surface area (Å²) in [5.41, 5.74) is 7.05. The van der Waals surface area contributed by atoms with Gasteiger partial charge < -0.3 is 33.7 Å². The van der Waals surface area contributed by atoms with Gasteiger partial charge in [0, 0.05) is 69.8 Å². The van der Waals surface area contributed by atoms with Crippen molar-refractivity contribution in [2.75, 3.05) is 50.9 Å². The smallest absolute Gasteiger partial charge is 0.407 e. The summed E-state index contributed by atoms with van der Waals surface area (Å²) in [6.45, 7) is 19.3. The number of aromatic nitrogens is 4. The summed E-state index contributed by atoms with van der Waals surface area (Å²) in [6, 6.07) is 34.1. The van der Waals surface area contributed by atoms with Crippen LogP contribution in [-0.2, 0) is 34.1 Å². The quantitative estimate of drug-likeness (QED) is 0.0570.